The Morgan fingerprint density at radius 3 is 2.46 bits per heavy atom. The lowest BCUT2D eigenvalue weighted by molar-refractivity contribution is -0.137. The van der Waals surface area contributed by atoms with Crippen LogP contribution in [0.15, 0.2) is 24.5 Å². The SMILES string of the molecule is CC(C)(C)OC(=O)N1CSCC1C(=O)NC(CSCC1CCCCC1)C(=O)N1CCN(c2ccncc2)CC1. The smallest absolute Gasteiger partial charge is 0.411 e. The van der Waals surface area contributed by atoms with E-state index in [4.69, 9.17) is 4.74 Å². The van der Waals surface area contributed by atoms with E-state index in [1.807, 2.05) is 37.8 Å². The molecule has 1 aliphatic carbocycles. The summed E-state index contributed by atoms with van der Waals surface area (Å²) in [6, 6.07) is 2.70. The second kappa shape index (κ2) is 14.0. The van der Waals surface area contributed by atoms with Crippen LogP contribution >= 0.6 is 23.5 Å². The minimum absolute atomic E-state index is 0.0386. The zero-order valence-electron chi connectivity index (χ0n) is 23.5. The van der Waals surface area contributed by atoms with Gasteiger partial charge in [0, 0.05) is 55.8 Å². The van der Waals surface area contributed by atoms with Crippen LogP contribution in [0.1, 0.15) is 52.9 Å². The molecule has 0 bridgehead atoms. The number of thioether (sulfide) groups is 2. The normalized spacial score (nSPS) is 21.5. The van der Waals surface area contributed by atoms with Crippen molar-refractivity contribution in [2.75, 3.05) is 54.2 Å². The molecule has 3 aliphatic rings. The van der Waals surface area contributed by atoms with Crippen molar-refractivity contribution in [2.45, 2.75) is 70.6 Å². The molecule has 1 N–H and O–H groups in total. The summed E-state index contributed by atoms with van der Waals surface area (Å²) in [5.74, 6) is 2.82. The zero-order chi connectivity index (χ0) is 27.8. The van der Waals surface area contributed by atoms with Gasteiger partial charge in [0.25, 0.3) is 0 Å². The van der Waals surface area contributed by atoms with E-state index in [-0.39, 0.29) is 11.8 Å². The van der Waals surface area contributed by atoms with Gasteiger partial charge in [-0.05, 0) is 57.4 Å². The number of piperazine rings is 1. The van der Waals surface area contributed by atoms with Gasteiger partial charge in [-0.2, -0.15) is 11.8 Å². The van der Waals surface area contributed by atoms with Gasteiger partial charge in [0.1, 0.15) is 17.7 Å². The maximum atomic E-state index is 13.7. The number of aromatic nitrogens is 1. The number of nitrogens with one attached hydrogen (secondary N) is 1. The van der Waals surface area contributed by atoms with Gasteiger partial charge in [-0.15, -0.1) is 11.8 Å². The number of amides is 3. The predicted octanol–water partition coefficient (Wildman–Crippen LogP) is 3.84. The van der Waals surface area contributed by atoms with E-state index in [1.165, 1.54) is 48.8 Å². The fourth-order valence-corrected chi connectivity index (χ4v) is 7.68. The Balaban J connectivity index is 1.38. The third-order valence-corrected chi connectivity index (χ3v) is 9.70. The third kappa shape index (κ3) is 8.67. The van der Waals surface area contributed by atoms with Crippen LogP contribution in [0.25, 0.3) is 0 Å². The molecular formula is C28H43N5O4S2. The molecule has 4 rings (SSSR count). The van der Waals surface area contributed by atoms with Gasteiger partial charge in [-0.3, -0.25) is 19.5 Å². The summed E-state index contributed by atoms with van der Waals surface area (Å²) in [6.45, 7) is 8.12. The van der Waals surface area contributed by atoms with E-state index in [0.717, 1.165) is 24.5 Å². The number of hydrogen-bond donors (Lipinski definition) is 1. The lowest BCUT2D eigenvalue weighted by atomic mass is 9.91. The quantitative estimate of drug-likeness (QED) is 0.498. The van der Waals surface area contributed by atoms with Crippen molar-refractivity contribution in [3.8, 4) is 0 Å². The summed E-state index contributed by atoms with van der Waals surface area (Å²) in [4.78, 5) is 49.7. The van der Waals surface area contributed by atoms with Gasteiger partial charge in [0.2, 0.25) is 11.8 Å². The summed E-state index contributed by atoms with van der Waals surface area (Å²) in [6.07, 6.45) is 9.45. The Kier molecular flexibility index (Phi) is 10.7. The summed E-state index contributed by atoms with van der Waals surface area (Å²) in [7, 11) is 0. The number of hydrogen-bond acceptors (Lipinski definition) is 8. The van der Waals surface area contributed by atoms with Gasteiger partial charge in [-0.1, -0.05) is 19.3 Å². The molecule has 11 heteroatoms. The lowest BCUT2D eigenvalue weighted by Crippen LogP contribution is -2.58. The monoisotopic (exact) mass is 577 g/mol. The van der Waals surface area contributed by atoms with Crippen LogP contribution in [0.5, 0.6) is 0 Å². The average molecular weight is 578 g/mol. The first kappa shape index (κ1) is 29.8. The topological polar surface area (TPSA) is 95.1 Å². The first-order valence-electron chi connectivity index (χ1n) is 14.1. The van der Waals surface area contributed by atoms with E-state index < -0.39 is 23.8 Å². The maximum absolute atomic E-state index is 13.7. The summed E-state index contributed by atoms with van der Waals surface area (Å²) >= 11 is 3.29. The first-order valence-corrected chi connectivity index (χ1v) is 16.4. The van der Waals surface area contributed by atoms with Crippen LogP contribution in [0, 0.1) is 5.92 Å². The molecule has 1 saturated carbocycles. The summed E-state index contributed by atoms with van der Waals surface area (Å²) in [5, 5.41) is 3.05. The van der Waals surface area contributed by atoms with Gasteiger partial charge in [-0.25, -0.2) is 4.79 Å². The molecule has 3 amide bonds. The van der Waals surface area contributed by atoms with Crippen molar-refractivity contribution in [1.29, 1.82) is 0 Å². The van der Waals surface area contributed by atoms with Crippen LogP contribution in [0.4, 0.5) is 10.5 Å². The number of pyridine rings is 1. The van der Waals surface area contributed by atoms with Crippen molar-refractivity contribution < 1.29 is 19.1 Å². The van der Waals surface area contributed by atoms with Gasteiger partial charge >= 0.3 is 6.09 Å². The highest BCUT2D eigenvalue weighted by molar-refractivity contribution is 7.99. The van der Waals surface area contributed by atoms with E-state index in [9.17, 15) is 14.4 Å². The Morgan fingerprint density at radius 2 is 1.79 bits per heavy atom. The third-order valence-electron chi connectivity index (χ3n) is 7.41. The van der Waals surface area contributed by atoms with E-state index in [2.05, 4.69) is 15.2 Å². The van der Waals surface area contributed by atoms with Crippen molar-refractivity contribution in [1.82, 2.24) is 20.1 Å². The molecule has 2 aliphatic heterocycles. The Morgan fingerprint density at radius 1 is 1.10 bits per heavy atom. The molecule has 3 fully saturated rings. The van der Waals surface area contributed by atoms with E-state index in [1.54, 1.807) is 24.2 Å². The Labute approximate surface area is 241 Å². The van der Waals surface area contributed by atoms with E-state index >= 15 is 0 Å². The molecule has 2 saturated heterocycles. The second-order valence-electron chi connectivity index (χ2n) is 11.6. The molecule has 2 unspecified atom stereocenters. The average Bonchev–Trinajstić information content (AvgIpc) is 3.43. The minimum Gasteiger partial charge on any atom is -0.444 e. The molecule has 216 valence electrons. The molecule has 1 aromatic rings. The fourth-order valence-electron chi connectivity index (χ4n) is 5.27. The maximum Gasteiger partial charge on any atom is 0.411 e. The molecule has 39 heavy (non-hydrogen) atoms. The lowest BCUT2D eigenvalue weighted by Gasteiger charge is -2.38. The van der Waals surface area contributed by atoms with Crippen LogP contribution in [0.2, 0.25) is 0 Å². The van der Waals surface area contributed by atoms with Gasteiger partial charge in [0.15, 0.2) is 0 Å². The highest BCUT2D eigenvalue weighted by Gasteiger charge is 2.39. The number of ether oxygens (including phenoxy) is 1. The standard InChI is InChI=1S/C28H43N5O4S2/c1-28(2,3)37-27(36)33-20-39-19-24(33)25(34)30-23(18-38-17-21-7-5-4-6-8-21)26(35)32-15-13-31(14-16-32)22-9-11-29-12-10-22/h9-12,21,23-24H,4-8,13-20H2,1-3H3,(H,30,34). The second-order valence-corrected chi connectivity index (χ2v) is 13.7. The molecule has 3 heterocycles. The molecule has 0 aromatic carbocycles. The van der Waals surface area contributed by atoms with Crippen molar-refractivity contribution in [3.05, 3.63) is 24.5 Å². The molecule has 0 radical (unpaired) electrons. The minimum atomic E-state index is -0.646. The number of rotatable bonds is 8. The van der Waals surface area contributed by atoms with E-state index in [0.29, 0.717) is 36.4 Å². The summed E-state index contributed by atoms with van der Waals surface area (Å²) < 4.78 is 5.53. The molecule has 0 spiro atoms. The van der Waals surface area contributed by atoms with Crippen LogP contribution in [0.3, 0.4) is 0 Å². The number of carbonyl (C=O) groups excluding carboxylic acids is 3. The highest BCUT2D eigenvalue weighted by Crippen LogP contribution is 2.28. The molecule has 9 nitrogen and oxygen atoms in total. The van der Waals surface area contributed by atoms with Crippen molar-refractivity contribution in [2.24, 2.45) is 5.92 Å². The zero-order valence-corrected chi connectivity index (χ0v) is 25.1. The predicted molar refractivity (Wildman–Crippen MR) is 158 cm³/mol. The van der Waals surface area contributed by atoms with Gasteiger partial charge in [0.05, 0.1) is 5.88 Å². The molecule has 1 aromatic heterocycles. The number of carbonyl (C=O) groups is 3. The van der Waals surface area contributed by atoms with Crippen molar-refractivity contribution >= 4 is 47.1 Å². The van der Waals surface area contributed by atoms with Crippen molar-refractivity contribution in [3.63, 3.8) is 0 Å². The molecule has 2 atom stereocenters. The van der Waals surface area contributed by atoms with Gasteiger partial charge < -0.3 is 19.9 Å². The van der Waals surface area contributed by atoms with Crippen LogP contribution in [-0.4, -0.2) is 99.7 Å². The number of anilines is 1. The Bertz CT molecular complexity index is 962. The highest BCUT2D eigenvalue weighted by atomic mass is 32.2. The van der Waals surface area contributed by atoms with Crippen LogP contribution < -0.4 is 10.2 Å². The van der Waals surface area contributed by atoms with Crippen LogP contribution in [-0.2, 0) is 14.3 Å². The molecular weight excluding hydrogens is 534 g/mol. The number of nitrogens with zero attached hydrogens (tertiary/aromatic N) is 4. The Hall–Kier alpha value is -2.14. The summed E-state index contributed by atoms with van der Waals surface area (Å²) in [5.41, 5.74) is 0.462. The first-order chi connectivity index (χ1) is 18.7. The fraction of sp³-hybridized carbons (Fsp3) is 0.714. The largest absolute Gasteiger partial charge is 0.444 e.